The molecule has 192 valence electrons. The van der Waals surface area contributed by atoms with E-state index in [1.54, 1.807) is 25.1 Å². The first-order valence-corrected chi connectivity index (χ1v) is 13.0. The smallest absolute Gasteiger partial charge is 0.338 e. The molecule has 9 nitrogen and oxygen atoms in total. The molecule has 3 aromatic carbocycles. The maximum absolute atomic E-state index is 13.4. The van der Waals surface area contributed by atoms with Crippen LogP contribution in [0.1, 0.15) is 29.7 Å². The minimum Gasteiger partial charge on any atom is -0.457 e. The number of nitrogens with one attached hydrogen (secondary N) is 1. The van der Waals surface area contributed by atoms with E-state index in [9.17, 15) is 14.9 Å². The van der Waals surface area contributed by atoms with E-state index in [-0.39, 0.29) is 17.9 Å². The van der Waals surface area contributed by atoms with Gasteiger partial charge in [0.05, 0.1) is 16.1 Å². The number of carbonyl (C=O) groups excluding carboxylic acids is 1. The molecule has 1 aromatic heterocycles. The van der Waals surface area contributed by atoms with E-state index in [1.165, 1.54) is 22.5 Å². The van der Waals surface area contributed by atoms with Gasteiger partial charge in [-0.25, -0.2) is 9.48 Å². The molecule has 0 fully saturated rings. The zero-order valence-corrected chi connectivity index (χ0v) is 21.8. The number of halogens is 1. The number of allylic oxidation sites excluding steroid dienone is 1. The third-order valence-electron chi connectivity index (χ3n) is 6.01. The minimum atomic E-state index is -0.918. The minimum absolute atomic E-state index is 0.0587. The Labute approximate surface area is 227 Å². The molecule has 0 saturated carbocycles. The topological polar surface area (TPSA) is 112 Å². The van der Waals surface area contributed by atoms with Gasteiger partial charge in [0.2, 0.25) is 11.1 Å². The lowest BCUT2D eigenvalue weighted by molar-refractivity contribution is -0.385. The number of benzene rings is 3. The van der Waals surface area contributed by atoms with Crippen LogP contribution >= 0.6 is 23.4 Å². The number of esters is 1. The van der Waals surface area contributed by atoms with Crippen molar-refractivity contribution < 1.29 is 14.5 Å². The second-order valence-corrected chi connectivity index (χ2v) is 9.84. The third kappa shape index (κ3) is 5.27. The van der Waals surface area contributed by atoms with Crippen LogP contribution in [0.15, 0.2) is 95.3 Å². The first-order valence-electron chi connectivity index (χ1n) is 11.7. The second-order valence-electron chi connectivity index (χ2n) is 8.49. The standard InChI is InChI=1S/C27H22ClN5O4S/c1-17-23(25(34)37-15-18-9-3-2-4-10-18)24(20-12-6-8-14-22(20)33(35)36)32-26(29-17)30-27(31-32)38-16-19-11-5-7-13-21(19)28/h2-14,24H,15-16H2,1H3,(H,29,30,31). The molecule has 0 amide bonds. The lowest BCUT2D eigenvalue weighted by atomic mass is 9.94. The summed E-state index contributed by atoms with van der Waals surface area (Å²) in [4.78, 5) is 29.5. The van der Waals surface area contributed by atoms with E-state index in [4.69, 9.17) is 16.3 Å². The molecular weight excluding hydrogens is 526 g/mol. The molecule has 1 atom stereocenters. The summed E-state index contributed by atoms with van der Waals surface area (Å²) >= 11 is 7.67. The molecule has 1 aliphatic heterocycles. The molecule has 11 heteroatoms. The Balaban J connectivity index is 1.51. The number of nitro groups is 1. The van der Waals surface area contributed by atoms with E-state index < -0.39 is 16.9 Å². The quantitative estimate of drug-likeness (QED) is 0.121. The number of hydrogen-bond donors (Lipinski definition) is 1. The van der Waals surface area contributed by atoms with E-state index in [2.05, 4.69) is 15.4 Å². The largest absolute Gasteiger partial charge is 0.457 e. The van der Waals surface area contributed by atoms with Crippen LogP contribution in [0.4, 0.5) is 11.6 Å². The van der Waals surface area contributed by atoms with Gasteiger partial charge in [-0.1, -0.05) is 84.0 Å². The lowest BCUT2D eigenvalue weighted by Gasteiger charge is -2.27. The Morgan fingerprint density at radius 1 is 1.11 bits per heavy atom. The SMILES string of the molecule is CC1=C(C(=O)OCc2ccccc2)C(c2ccccc2[N+](=O)[O-])n2nc(SCc3ccccc3Cl)nc2N1. The number of aromatic nitrogens is 3. The molecule has 0 saturated heterocycles. The molecule has 4 aromatic rings. The maximum Gasteiger partial charge on any atom is 0.338 e. The van der Waals surface area contributed by atoms with Crippen LogP contribution < -0.4 is 5.32 Å². The van der Waals surface area contributed by atoms with Gasteiger partial charge in [-0.05, 0) is 30.2 Å². The van der Waals surface area contributed by atoms with Gasteiger partial charge in [0.25, 0.3) is 5.69 Å². The number of fused-ring (bicyclic) bond motifs is 1. The van der Waals surface area contributed by atoms with Gasteiger partial charge in [-0.3, -0.25) is 10.1 Å². The number of nitro benzene ring substituents is 1. The van der Waals surface area contributed by atoms with Crippen molar-refractivity contribution in [3.05, 3.63) is 122 Å². The zero-order valence-electron chi connectivity index (χ0n) is 20.2. The fraction of sp³-hybridized carbons (Fsp3) is 0.148. The zero-order chi connectivity index (χ0) is 26.6. The fourth-order valence-corrected chi connectivity index (χ4v) is 5.30. The summed E-state index contributed by atoms with van der Waals surface area (Å²) in [7, 11) is 0. The van der Waals surface area contributed by atoms with E-state index in [1.807, 2.05) is 54.6 Å². The van der Waals surface area contributed by atoms with Gasteiger partial charge < -0.3 is 10.1 Å². The molecule has 0 aliphatic carbocycles. The van der Waals surface area contributed by atoms with E-state index in [0.29, 0.717) is 33.1 Å². The van der Waals surface area contributed by atoms with Gasteiger partial charge >= 0.3 is 5.97 Å². The summed E-state index contributed by atoms with van der Waals surface area (Å²) in [6.45, 7) is 1.78. The Morgan fingerprint density at radius 3 is 2.58 bits per heavy atom. The van der Waals surface area contributed by atoms with Crippen molar-refractivity contribution in [2.45, 2.75) is 30.5 Å². The number of carbonyl (C=O) groups is 1. The number of thioether (sulfide) groups is 1. The second kappa shape index (κ2) is 11.1. The van der Waals surface area contributed by atoms with Crippen molar-refractivity contribution in [1.29, 1.82) is 0 Å². The number of anilines is 1. The average Bonchev–Trinajstić information content (AvgIpc) is 3.33. The van der Waals surface area contributed by atoms with E-state index in [0.717, 1.165) is 11.1 Å². The highest BCUT2D eigenvalue weighted by Crippen LogP contribution is 2.40. The van der Waals surface area contributed by atoms with Gasteiger partial charge in [0, 0.05) is 22.5 Å². The molecule has 1 aliphatic rings. The number of nitrogens with zero attached hydrogens (tertiary/aromatic N) is 4. The Kier molecular flexibility index (Phi) is 7.43. The third-order valence-corrected chi connectivity index (χ3v) is 7.26. The van der Waals surface area contributed by atoms with E-state index >= 15 is 0 Å². The van der Waals surface area contributed by atoms with Crippen molar-refractivity contribution in [3.63, 3.8) is 0 Å². The van der Waals surface area contributed by atoms with Crippen LogP contribution in [0.2, 0.25) is 5.02 Å². The summed E-state index contributed by atoms with van der Waals surface area (Å²) in [6.07, 6.45) is 0. The highest BCUT2D eigenvalue weighted by molar-refractivity contribution is 7.98. The number of hydrogen-bond acceptors (Lipinski definition) is 8. The molecule has 0 bridgehead atoms. The molecule has 1 unspecified atom stereocenters. The summed E-state index contributed by atoms with van der Waals surface area (Å²) in [6, 6.07) is 22.2. The van der Waals surface area contributed by atoms with Crippen LogP contribution in [-0.2, 0) is 21.9 Å². The fourth-order valence-electron chi connectivity index (χ4n) is 4.19. The Hall–Kier alpha value is -4.15. The summed E-state index contributed by atoms with van der Waals surface area (Å²) < 4.78 is 7.15. The molecule has 2 heterocycles. The Bertz CT molecular complexity index is 1540. The molecule has 0 spiro atoms. The normalized spacial score (nSPS) is 14.5. The first-order chi connectivity index (χ1) is 18.4. The number of para-hydroxylation sites is 1. The summed E-state index contributed by atoms with van der Waals surface area (Å²) in [5.74, 6) is 0.290. The molecule has 5 rings (SSSR count). The van der Waals surface area contributed by atoms with Crippen molar-refractivity contribution in [2.75, 3.05) is 5.32 Å². The number of ether oxygens (including phenoxy) is 1. The lowest BCUT2D eigenvalue weighted by Crippen LogP contribution is -2.30. The predicted molar refractivity (Wildman–Crippen MR) is 145 cm³/mol. The number of rotatable bonds is 8. The summed E-state index contributed by atoms with van der Waals surface area (Å²) in [5.41, 5.74) is 2.62. The maximum atomic E-state index is 13.4. The van der Waals surface area contributed by atoms with Crippen molar-refractivity contribution >= 4 is 41.0 Å². The van der Waals surface area contributed by atoms with Crippen molar-refractivity contribution in [3.8, 4) is 0 Å². The van der Waals surface area contributed by atoms with Crippen LogP contribution in [0.25, 0.3) is 0 Å². The molecular formula is C27H22ClN5O4S. The average molecular weight is 548 g/mol. The van der Waals surface area contributed by atoms with Gasteiger partial charge in [0.15, 0.2) is 0 Å². The van der Waals surface area contributed by atoms with Crippen molar-refractivity contribution in [2.24, 2.45) is 0 Å². The summed E-state index contributed by atoms with van der Waals surface area (Å²) in [5, 5.41) is 20.8. The van der Waals surface area contributed by atoms with Crippen LogP contribution in [-0.4, -0.2) is 25.7 Å². The predicted octanol–water partition coefficient (Wildman–Crippen LogP) is 6.16. The monoisotopic (exact) mass is 547 g/mol. The Morgan fingerprint density at radius 2 is 1.82 bits per heavy atom. The first kappa shape index (κ1) is 25.5. The highest BCUT2D eigenvalue weighted by atomic mass is 35.5. The van der Waals surface area contributed by atoms with Gasteiger partial charge in [-0.2, -0.15) is 4.98 Å². The molecule has 38 heavy (non-hydrogen) atoms. The molecule has 1 N–H and O–H groups in total. The van der Waals surface area contributed by atoms with Crippen LogP contribution in [0.3, 0.4) is 0 Å². The van der Waals surface area contributed by atoms with Gasteiger partial charge in [-0.15, -0.1) is 5.10 Å². The van der Waals surface area contributed by atoms with Crippen LogP contribution in [0, 0.1) is 10.1 Å². The highest BCUT2D eigenvalue weighted by Gasteiger charge is 2.38. The van der Waals surface area contributed by atoms with Gasteiger partial charge in [0.1, 0.15) is 12.6 Å². The molecule has 0 radical (unpaired) electrons. The van der Waals surface area contributed by atoms with Crippen LogP contribution in [0.5, 0.6) is 0 Å². The van der Waals surface area contributed by atoms with Crippen molar-refractivity contribution in [1.82, 2.24) is 14.8 Å².